The molecule has 3 heterocycles. The van der Waals surface area contributed by atoms with Crippen molar-refractivity contribution in [1.82, 2.24) is 19.6 Å². The zero-order chi connectivity index (χ0) is 19.0. The third kappa shape index (κ3) is 3.51. The molecular weight excluding hydrogens is 344 g/mol. The van der Waals surface area contributed by atoms with E-state index in [2.05, 4.69) is 29.1 Å². The fourth-order valence-electron chi connectivity index (χ4n) is 3.71. The summed E-state index contributed by atoms with van der Waals surface area (Å²) < 4.78 is 12.7. The minimum atomic E-state index is 0.0849. The fraction of sp³-hybridized carbons (Fsp3) is 0.500. The molecule has 0 radical (unpaired) electrons. The topological polar surface area (TPSA) is 59.8 Å². The summed E-state index contributed by atoms with van der Waals surface area (Å²) in [4.78, 5) is 17.2. The van der Waals surface area contributed by atoms with Crippen LogP contribution < -0.4 is 9.47 Å². The molecule has 0 aliphatic carbocycles. The molecule has 7 heteroatoms. The van der Waals surface area contributed by atoms with Crippen molar-refractivity contribution < 1.29 is 14.3 Å². The molecule has 1 aromatic carbocycles. The van der Waals surface area contributed by atoms with Gasteiger partial charge in [0.05, 0.1) is 11.8 Å². The molecule has 0 unspecified atom stereocenters. The molecule has 0 N–H and O–H groups in total. The highest BCUT2D eigenvalue weighted by atomic mass is 16.7. The molecule has 27 heavy (non-hydrogen) atoms. The maximum Gasteiger partial charge on any atom is 0.257 e. The lowest BCUT2D eigenvalue weighted by Gasteiger charge is -2.22. The number of nitrogens with zero attached hydrogens (tertiary/aromatic N) is 4. The van der Waals surface area contributed by atoms with Crippen LogP contribution in [0.25, 0.3) is 0 Å². The summed E-state index contributed by atoms with van der Waals surface area (Å²) in [7, 11) is 1.87. The van der Waals surface area contributed by atoms with Crippen molar-refractivity contribution in [3.8, 4) is 11.5 Å². The number of carbonyl (C=O) groups is 1. The van der Waals surface area contributed by atoms with Gasteiger partial charge in [0, 0.05) is 45.5 Å². The number of hydrogen-bond acceptors (Lipinski definition) is 5. The Morgan fingerprint density at radius 1 is 1.11 bits per heavy atom. The van der Waals surface area contributed by atoms with Crippen LogP contribution in [0.15, 0.2) is 18.3 Å². The molecular formula is C20H26N4O3. The van der Waals surface area contributed by atoms with Crippen LogP contribution in [0.1, 0.15) is 33.6 Å². The van der Waals surface area contributed by atoms with Gasteiger partial charge < -0.3 is 14.4 Å². The zero-order valence-electron chi connectivity index (χ0n) is 16.2. The van der Waals surface area contributed by atoms with Crippen LogP contribution in [0.4, 0.5) is 0 Å². The first-order valence-corrected chi connectivity index (χ1v) is 9.42. The summed E-state index contributed by atoms with van der Waals surface area (Å²) >= 11 is 0. The molecule has 1 fully saturated rings. The number of aromatic nitrogens is 2. The monoisotopic (exact) mass is 370 g/mol. The van der Waals surface area contributed by atoms with Gasteiger partial charge in [-0.05, 0) is 43.5 Å². The maximum absolute atomic E-state index is 12.9. The number of rotatable bonds is 3. The highest BCUT2D eigenvalue weighted by Crippen LogP contribution is 2.35. The summed E-state index contributed by atoms with van der Waals surface area (Å²) in [6, 6.07) is 4.14. The third-order valence-corrected chi connectivity index (χ3v) is 5.57. The van der Waals surface area contributed by atoms with Crippen LogP contribution in [0.2, 0.25) is 0 Å². The Labute approximate surface area is 159 Å². The lowest BCUT2D eigenvalue weighted by atomic mass is 10.1. The van der Waals surface area contributed by atoms with Crippen LogP contribution in [0, 0.1) is 13.8 Å². The third-order valence-electron chi connectivity index (χ3n) is 5.57. The molecule has 0 atom stereocenters. The first kappa shape index (κ1) is 17.9. The normalized spacial score (nSPS) is 17.2. The lowest BCUT2D eigenvalue weighted by molar-refractivity contribution is 0.0760. The minimum absolute atomic E-state index is 0.0849. The van der Waals surface area contributed by atoms with E-state index in [9.17, 15) is 4.79 Å². The maximum atomic E-state index is 12.9. The van der Waals surface area contributed by atoms with Crippen molar-refractivity contribution in [2.45, 2.75) is 26.8 Å². The average molecular weight is 370 g/mol. The Balaban J connectivity index is 1.42. The van der Waals surface area contributed by atoms with Crippen molar-refractivity contribution in [3.63, 3.8) is 0 Å². The second-order valence-corrected chi connectivity index (χ2v) is 7.32. The van der Waals surface area contributed by atoms with Crippen molar-refractivity contribution in [3.05, 3.63) is 40.7 Å². The van der Waals surface area contributed by atoms with Crippen LogP contribution in [-0.4, -0.2) is 58.5 Å². The number of benzene rings is 1. The molecule has 1 saturated heterocycles. The largest absolute Gasteiger partial charge is 0.454 e. The van der Waals surface area contributed by atoms with Gasteiger partial charge >= 0.3 is 0 Å². The zero-order valence-corrected chi connectivity index (χ0v) is 16.2. The molecule has 7 nitrogen and oxygen atoms in total. The van der Waals surface area contributed by atoms with Crippen LogP contribution in [0.3, 0.4) is 0 Å². The van der Waals surface area contributed by atoms with Gasteiger partial charge in [-0.15, -0.1) is 0 Å². The Kier molecular flexibility index (Phi) is 4.78. The number of ether oxygens (including phenoxy) is 2. The van der Waals surface area contributed by atoms with E-state index in [0.29, 0.717) is 12.4 Å². The highest BCUT2D eigenvalue weighted by molar-refractivity contribution is 5.95. The molecule has 2 aromatic rings. The summed E-state index contributed by atoms with van der Waals surface area (Å²) in [5, 5.41) is 4.20. The minimum Gasteiger partial charge on any atom is -0.454 e. The second kappa shape index (κ2) is 7.23. The quantitative estimate of drug-likeness (QED) is 0.828. The molecule has 2 aliphatic heterocycles. The first-order chi connectivity index (χ1) is 13.0. The highest BCUT2D eigenvalue weighted by Gasteiger charge is 2.24. The first-order valence-electron chi connectivity index (χ1n) is 9.42. The number of aryl methyl sites for hydroxylation is 2. The summed E-state index contributed by atoms with van der Waals surface area (Å²) in [5.74, 6) is 1.74. The molecule has 0 spiro atoms. The van der Waals surface area contributed by atoms with Crippen molar-refractivity contribution in [2.24, 2.45) is 7.05 Å². The van der Waals surface area contributed by atoms with Crippen molar-refractivity contribution in [2.75, 3.05) is 33.0 Å². The van der Waals surface area contributed by atoms with E-state index in [1.54, 1.807) is 10.9 Å². The van der Waals surface area contributed by atoms with E-state index in [1.807, 2.05) is 18.9 Å². The van der Waals surface area contributed by atoms with E-state index in [1.165, 1.54) is 11.1 Å². The van der Waals surface area contributed by atoms with E-state index in [4.69, 9.17) is 9.47 Å². The summed E-state index contributed by atoms with van der Waals surface area (Å²) in [6.45, 7) is 8.55. The molecule has 0 bridgehead atoms. The number of fused-ring (bicyclic) bond motifs is 1. The standard InChI is InChI=1S/C20H26N4O3/c1-14-9-18-19(27-13-26-18)10-16(14)12-23-5-4-6-24(8-7-23)20(25)17-11-21-22(3)15(17)2/h9-11H,4-8,12-13H2,1-3H3. The smallest absolute Gasteiger partial charge is 0.257 e. The number of carbonyl (C=O) groups excluding carboxylic acids is 1. The summed E-state index contributed by atoms with van der Waals surface area (Å²) in [5.41, 5.74) is 4.08. The Morgan fingerprint density at radius 2 is 1.89 bits per heavy atom. The number of hydrogen-bond donors (Lipinski definition) is 0. The van der Waals surface area contributed by atoms with E-state index < -0.39 is 0 Å². The predicted octanol–water partition coefficient (Wildman–Crippen LogP) is 2.11. The molecule has 4 rings (SSSR count). The van der Waals surface area contributed by atoms with Crippen LogP contribution >= 0.6 is 0 Å². The lowest BCUT2D eigenvalue weighted by Crippen LogP contribution is -2.35. The van der Waals surface area contributed by atoms with Crippen LogP contribution in [-0.2, 0) is 13.6 Å². The second-order valence-electron chi connectivity index (χ2n) is 7.32. The molecule has 0 saturated carbocycles. The predicted molar refractivity (Wildman–Crippen MR) is 101 cm³/mol. The molecule has 144 valence electrons. The van der Waals surface area contributed by atoms with Gasteiger partial charge in [0.25, 0.3) is 5.91 Å². The average Bonchev–Trinajstić information content (AvgIpc) is 3.14. The van der Waals surface area contributed by atoms with Gasteiger partial charge in [-0.2, -0.15) is 5.10 Å². The summed E-state index contributed by atoms with van der Waals surface area (Å²) in [6.07, 6.45) is 2.64. The van der Waals surface area contributed by atoms with Gasteiger partial charge in [-0.1, -0.05) is 0 Å². The van der Waals surface area contributed by atoms with Gasteiger partial charge in [-0.3, -0.25) is 14.4 Å². The van der Waals surface area contributed by atoms with Gasteiger partial charge in [-0.25, -0.2) is 0 Å². The fourth-order valence-corrected chi connectivity index (χ4v) is 3.71. The molecule has 1 amide bonds. The number of amides is 1. The Hall–Kier alpha value is -2.54. The molecule has 1 aromatic heterocycles. The van der Waals surface area contributed by atoms with Crippen molar-refractivity contribution >= 4 is 5.91 Å². The SMILES string of the molecule is Cc1cc2c(cc1CN1CCCN(C(=O)c3cnn(C)c3C)CC1)OCO2. The van der Waals surface area contributed by atoms with Gasteiger partial charge in [0.2, 0.25) is 6.79 Å². The Morgan fingerprint density at radius 3 is 2.63 bits per heavy atom. The van der Waals surface area contributed by atoms with E-state index in [0.717, 1.165) is 56.3 Å². The van der Waals surface area contributed by atoms with Crippen LogP contribution in [0.5, 0.6) is 11.5 Å². The Bertz CT molecular complexity index is 861. The molecule has 2 aliphatic rings. The van der Waals surface area contributed by atoms with E-state index >= 15 is 0 Å². The van der Waals surface area contributed by atoms with Gasteiger partial charge in [0.15, 0.2) is 11.5 Å². The van der Waals surface area contributed by atoms with Gasteiger partial charge in [0.1, 0.15) is 0 Å². The van der Waals surface area contributed by atoms with Crippen molar-refractivity contribution in [1.29, 1.82) is 0 Å². The van der Waals surface area contributed by atoms with E-state index in [-0.39, 0.29) is 5.91 Å².